The Morgan fingerprint density at radius 2 is 2.21 bits per heavy atom. The summed E-state index contributed by atoms with van der Waals surface area (Å²) < 4.78 is 15.7. The second-order valence-electron chi connectivity index (χ2n) is 2.85. The number of hydrogen-bond acceptors (Lipinski definition) is 3. The Kier molecular flexibility index (Phi) is 3.83. The van der Waals surface area contributed by atoms with Gasteiger partial charge in [0, 0.05) is 22.0 Å². The summed E-state index contributed by atoms with van der Waals surface area (Å²) in [6.45, 7) is 0. The standard InChI is InChI=1S/C10H12O3S/c1-13-10(11)7-8-4-3-5-9(6-8)14(2)12/h3-6H,7H2,1-2H3. The van der Waals surface area contributed by atoms with Gasteiger partial charge in [0.05, 0.1) is 13.5 Å². The minimum Gasteiger partial charge on any atom is -0.469 e. The highest BCUT2D eigenvalue weighted by Gasteiger charge is 2.04. The number of rotatable bonds is 3. The molecule has 0 bridgehead atoms. The maximum absolute atomic E-state index is 11.1. The van der Waals surface area contributed by atoms with Crippen molar-refractivity contribution in [3.8, 4) is 0 Å². The number of ether oxygens (including phenoxy) is 1. The molecule has 4 heteroatoms. The summed E-state index contributed by atoms with van der Waals surface area (Å²) in [5.74, 6) is -0.288. The van der Waals surface area contributed by atoms with Gasteiger partial charge >= 0.3 is 5.97 Å². The van der Waals surface area contributed by atoms with Gasteiger partial charge in [-0.15, -0.1) is 0 Å². The topological polar surface area (TPSA) is 43.4 Å². The first-order valence-corrected chi connectivity index (χ1v) is 5.68. The molecule has 1 atom stereocenters. The number of carbonyl (C=O) groups excluding carboxylic acids is 1. The summed E-state index contributed by atoms with van der Waals surface area (Å²) in [6, 6.07) is 7.13. The molecule has 0 saturated carbocycles. The zero-order valence-corrected chi connectivity index (χ0v) is 8.97. The maximum atomic E-state index is 11.1. The molecular weight excluding hydrogens is 200 g/mol. The van der Waals surface area contributed by atoms with Crippen molar-refractivity contribution in [2.75, 3.05) is 13.4 Å². The second-order valence-corrected chi connectivity index (χ2v) is 4.23. The molecule has 3 nitrogen and oxygen atoms in total. The van der Waals surface area contributed by atoms with Crippen molar-refractivity contribution in [3.05, 3.63) is 29.8 Å². The quantitative estimate of drug-likeness (QED) is 0.706. The molecule has 0 aliphatic carbocycles. The highest BCUT2D eigenvalue weighted by molar-refractivity contribution is 7.84. The Morgan fingerprint density at radius 3 is 2.79 bits per heavy atom. The molecule has 0 aliphatic heterocycles. The van der Waals surface area contributed by atoms with Crippen LogP contribution in [0.25, 0.3) is 0 Å². The van der Waals surface area contributed by atoms with Gasteiger partial charge in [-0.25, -0.2) is 0 Å². The highest BCUT2D eigenvalue weighted by Crippen LogP contribution is 2.09. The third kappa shape index (κ3) is 2.96. The molecule has 0 aromatic heterocycles. The Balaban J connectivity index is 2.83. The minimum absolute atomic E-state index is 0.224. The summed E-state index contributed by atoms with van der Waals surface area (Å²) >= 11 is 0. The van der Waals surface area contributed by atoms with Crippen LogP contribution in [0.1, 0.15) is 5.56 Å². The number of benzene rings is 1. The summed E-state index contributed by atoms with van der Waals surface area (Å²) in [5.41, 5.74) is 0.824. The van der Waals surface area contributed by atoms with E-state index in [9.17, 15) is 9.00 Å². The van der Waals surface area contributed by atoms with E-state index >= 15 is 0 Å². The first kappa shape index (κ1) is 10.9. The van der Waals surface area contributed by atoms with Gasteiger partial charge in [-0.1, -0.05) is 12.1 Å². The number of carbonyl (C=O) groups is 1. The molecule has 1 aromatic rings. The lowest BCUT2D eigenvalue weighted by Crippen LogP contribution is -2.04. The molecule has 0 aliphatic rings. The van der Waals surface area contributed by atoms with Gasteiger partial charge in [-0.2, -0.15) is 0 Å². The molecule has 0 amide bonds. The average Bonchev–Trinajstić information content (AvgIpc) is 2.18. The zero-order chi connectivity index (χ0) is 10.6. The smallest absolute Gasteiger partial charge is 0.309 e. The lowest BCUT2D eigenvalue weighted by atomic mass is 10.1. The van der Waals surface area contributed by atoms with Crippen LogP contribution in [0.5, 0.6) is 0 Å². The van der Waals surface area contributed by atoms with E-state index in [4.69, 9.17) is 0 Å². The first-order valence-electron chi connectivity index (χ1n) is 4.12. The van der Waals surface area contributed by atoms with E-state index in [-0.39, 0.29) is 12.4 Å². The van der Waals surface area contributed by atoms with E-state index in [1.807, 2.05) is 6.07 Å². The second kappa shape index (κ2) is 4.91. The van der Waals surface area contributed by atoms with Gasteiger partial charge in [0.15, 0.2) is 0 Å². The molecule has 0 fully saturated rings. The minimum atomic E-state index is -1.01. The summed E-state index contributed by atoms with van der Waals surface area (Å²) in [4.78, 5) is 11.7. The first-order chi connectivity index (χ1) is 6.63. The number of hydrogen-bond donors (Lipinski definition) is 0. The van der Waals surface area contributed by atoms with Crippen molar-refractivity contribution < 1.29 is 13.7 Å². The monoisotopic (exact) mass is 212 g/mol. The molecule has 0 heterocycles. The fraction of sp³-hybridized carbons (Fsp3) is 0.300. The summed E-state index contributed by atoms with van der Waals surface area (Å²) in [7, 11) is 0.343. The van der Waals surface area contributed by atoms with Crippen molar-refractivity contribution in [1.29, 1.82) is 0 Å². The van der Waals surface area contributed by atoms with Crippen LogP contribution in [0.2, 0.25) is 0 Å². The van der Waals surface area contributed by atoms with Gasteiger partial charge in [-0.05, 0) is 17.7 Å². The van der Waals surface area contributed by atoms with E-state index in [1.54, 1.807) is 24.5 Å². The predicted octanol–water partition coefficient (Wildman–Crippen LogP) is 1.14. The lowest BCUT2D eigenvalue weighted by Gasteiger charge is -2.01. The highest BCUT2D eigenvalue weighted by atomic mass is 32.2. The molecule has 1 rings (SSSR count). The molecule has 1 unspecified atom stereocenters. The average molecular weight is 212 g/mol. The Labute approximate surface area is 85.5 Å². The molecule has 1 aromatic carbocycles. The van der Waals surface area contributed by atoms with Crippen LogP contribution < -0.4 is 0 Å². The summed E-state index contributed by atoms with van der Waals surface area (Å²) in [6.07, 6.45) is 1.83. The van der Waals surface area contributed by atoms with E-state index < -0.39 is 10.8 Å². The van der Waals surface area contributed by atoms with Crippen LogP contribution >= 0.6 is 0 Å². The largest absolute Gasteiger partial charge is 0.469 e. The zero-order valence-electron chi connectivity index (χ0n) is 8.15. The third-order valence-corrected chi connectivity index (χ3v) is 2.72. The Bertz CT molecular complexity index is 360. The van der Waals surface area contributed by atoms with Crippen molar-refractivity contribution in [1.82, 2.24) is 0 Å². The van der Waals surface area contributed by atoms with Crippen LogP contribution in [0.15, 0.2) is 29.2 Å². The van der Waals surface area contributed by atoms with Crippen molar-refractivity contribution in [3.63, 3.8) is 0 Å². The molecule has 0 radical (unpaired) electrons. The Morgan fingerprint density at radius 1 is 1.50 bits per heavy atom. The fourth-order valence-corrected chi connectivity index (χ4v) is 1.66. The normalized spacial score (nSPS) is 12.1. The van der Waals surface area contributed by atoms with Gasteiger partial charge in [-0.3, -0.25) is 9.00 Å². The molecule has 14 heavy (non-hydrogen) atoms. The van der Waals surface area contributed by atoms with Crippen molar-refractivity contribution >= 4 is 16.8 Å². The van der Waals surface area contributed by atoms with Crippen molar-refractivity contribution in [2.24, 2.45) is 0 Å². The van der Waals surface area contributed by atoms with E-state index in [0.717, 1.165) is 10.5 Å². The molecule has 0 spiro atoms. The Hall–Kier alpha value is -1.16. The fourth-order valence-electron chi connectivity index (χ4n) is 1.07. The number of methoxy groups -OCH3 is 1. The van der Waals surface area contributed by atoms with Gasteiger partial charge in [0.25, 0.3) is 0 Å². The molecule has 76 valence electrons. The van der Waals surface area contributed by atoms with Crippen LogP contribution in [0.3, 0.4) is 0 Å². The van der Waals surface area contributed by atoms with Gasteiger partial charge < -0.3 is 4.74 Å². The molecule has 0 N–H and O–H groups in total. The SMILES string of the molecule is COC(=O)Cc1cccc(S(C)=O)c1. The van der Waals surface area contributed by atoms with E-state index in [2.05, 4.69) is 4.74 Å². The maximum Gasteiger partial charge on any atom is 0.309 e. The van der Waals surface area contributed by atoms with Gasteiger partial charge in [0.1, 0.15) is 0 Å². The van der Waals surface area contributed by atoms with Crippen LogP contribution in [-0.2, 0) is 26.8 Å². The van der Waals surface area contributed by atoms with Crippen LogP contribution in [0.4, 0.5) is 0 Å². The third-order valence-electron chi connectivity index (χ3n) is 1.81. The van der Waals surface area contributed by atoms with E-state index in [1.165, 1.54) is 7.11 Å². The van der Waals surface area contributed by atoms with E-state index in [0.29, 0.717) is 0 Å². The van der Waals surface area contributed by atoms with Gasteiger partial charge in [0.2, 0.25) is 0 Å². The number of esters is 1. The van der Waals surface area contributed by atoms with Crippen molar-refractivity contribution in [2.45, 2.75) is 11.3 Å². The lowest BCUT2D eigenvalue weighted by molar-refractivity contribution is -0.139. The summed E-state index contributed by atoms with van der Waals surface area (Å²) in [5, 5.41) is 0. The predicted molar refractivity (Wildman–Crippen MR) is 54.5 cm³/mol. The molecule has 0 saturated heterocycles. The molecular formula is C10H12O3S. The van der Waals surface area contributed by atoms with Crippen LogP contribution in [0, 0.1) is 0 Å². The van der Waals surface area contributed by atoms with Crippen LogP contribution in [-0.4, -0.2) is 23.5 Å².